The van der Waals surface area contributed by atoms with Crippen molar-refractivity contribution in [1.82, 2.24) is 10.2 Å². The number of rotatable bonds is 7. The van der Waals surface area contributed by atoms with E-state index in [0.717, 1.165) is 18.4 Å². The average molecular weight is 397 g/mol. The summed E-state index contributed by atoms with van der Waals surface area (Å²) in [5.74, 6) is -0.744. The molecule has 0 aliphatic heterocycles. The van der Waals surface area contributed by atoms with Gasteiger partial charge >= 0.3 is 0 Å². The smallest absolute Gasteiger partial charge is 0.238 e. The van der Waals surface area contributed by atoms with E-state index in [9.17, 15) is 14.0 Å². The highest BCUT2D eigenvalue weighted by Gasteiger charge is 2.16. The van der Waals surface area contributed by atoms with Crippen LogP contribution in [0, 0.1) is 5.82 Å². The molecule has 1 aliphatic carbocycles. The topological polar surface area (TPSA) is 61.4 Å². The Morgan fingerprint density at radius 3 is 2.38 bits per heavy atom. The van der Waals surface area contributed by atoms with Crippen LogP contribution in [-0.2, 0) is 22.4 Å². The van der Waals surface area contributed by atoms with Gasteiger partial charge in [0.15, 0.2) is 0 Å². The van der Waals surface area contributed by atoms with Gasteiger partial charge in [0.25, 0.3) is 0 Å². The molecule has 2 aromatic carbocycles. The van der Waals surface area contributed by atoms with Crippen LogP contribution >= 0.6 is 0 Å². The summed E-state index contributed by atoms with van der Waals surface area (Å²) >= 11 is 0. The molecule has 3 rings (SSSR count). The molecule has 1 aliphatic rings. The number of anilines is 1. The van der Waals surface area contributed by atoms with Gasteiger partial charge in [0.1, 0.15) is 5.82 Å². The second kappa shape index (κ2) is 9.65. The van der Waals surface area contributed by atoms with Crippen LogP contribution in [0.15, 0.2) is 42.5 Å². The molecule has 2 N–H and O–H groups in total. The molecule has 0 aromatic heterocycles. The first-order valence-electron chi connectivity index (χ1n) is 10.1. The average Bonchev–Trinajstić information content (AvgIpc) is 2.69. The summed E-state index contributed by atoms with van der Waals surface area (Å²) < 4.78 is 12.9. The number of likely N-dealkylation sites (N-methyl/N-ethyl adjacent to an activating group) is 1. The minimum Gasteiger partial charge on any atom is -0.348 e. The van der Waals surface area contributed by atoms with Crippen LogP contribution in [0.25, 0.3) is 0 Å². The number of carbonyl (C=O) groups excluding carboxylic acids is 2. The summed E-state index contributed by atoms with van der Waals surface area (Å²) in [6.45, 7) is 2.16. The molecule has 0 spiro atoms. The number of nitrogens with one attached hydrogen (secondary N) is 2. The van der Waals surface area contributed by atoms with Crippen LogP contribution in [-0.4, -0.2) is 36.9 Å². The molecule has 0 saturated heterocycles. The lowest BCUT2D eigenvalue weighted by molar-refractivity contribution is -0.123. The molecular weight excluding hydrogens is 369 g/mol. The zero-order chi connectivity index (χ0) is 20.8. The van der Waals surface area contributed by atoms with Gasteiger partial charge in [-0.15, -0.1) is 0 Å². The second-order valence-corrected chi connectivity index (χ2v) is 7.75. The third kappa shape index (κ3) is 6.12. The Labute approximate surface area is 171 Å². The molecule has 2 amide bonds. The Bertz CT molecular complexity index is 867. The zero-order valence-corrected chi connectivity index (χ0v) is 17.0. The number of hydrogen-bond acceptors (Lipinski definition) is 3. The third-order valence-corrected chi connectivity index (χ3v) is 5.21. The van der Waals surface area contributed by atoms with Gasteiger partial charge in [-0.3, -0.25) is 14.5 Å². The molecule has 6 heteroatoms. The van der Waals surface area contributed by atoms with E-state index in [0.29, 0.717) is 5.69 Å². The Kier molecular flexibility index (Phi) is 6.99. The van der Waals surface area contributed by atoms with E-state index in [1.54, 1.807) is 11.9 Å². The minimum atomic E-state index is -0.357. The van der Waals surface area contributed by atoms with Gasteiger partial charge < -0.3 is 10.6 Å². The second-order valence-electron chi connectivity index (χ2n) is 7.75. The lowest BCUT2D eigenvalue weighted by atomic mass is 9.89. The van der Waals surface area contributed by atoms with E-state index in [-0.39, 0.29) is 36.8 Å². The van der Waals surface area contributed by atoms with Crippen molar-refractivity contribution in [3.8, 4) is 0 Å². The van der Waals surface area contributed by atoms with Crippen LogP contribution in [0.1, 0.15) is 42.5 Å². The number of amides is 2. The molecule has 0 fully saturated rings. The first kappa shape index (κ1) is 21.0. The van der Waals surface area contributed by atoms with Gasteiger partial charge in [-0.05, 0) is 80.6 Å². The number of fused-ring (bicyclic) bond motifs is 1. The van der Waals surface area contributed by atoms with Crippen molar-refractivity contribution in [3.63, 3.8) is 0 Å². The maximum atomic E-state index is 12.9. The summed E-state index contributed by atoms with van der Waals surface area (Å²) in [6.07, 6.45) is 4.72. The predicted octanol–water partition coefficient (Wildman–Crippen LogP) is 3.45. The SMILES string of the molecule is C[C@@H](NC(=O)CN(C)CC(=O)Nc1ccc(F)cc1)c1ccc2c(c1)CCCC2. The Morgan fingerprint density at radius 2 is 1.66 bits per heavy atom. The molecule has 2 aromatic rings. The van der Waals surface area contributed by atoms with Crippen molar-refractivity contribution in [3.05, 3.63) is 65.0 Å². The highest BCUT2D eigenvalue weighted by Crippen LogP contribution is 2.24. The summed E-state index contributed by atoms with van der Waals surface area (Å²) in [6, 6.07) is 12.0. The highest BCUT2D eigenvalue weighted by molar-refractivity contribution is 5.92. The van der Waals surface area contributed by atoms with Gasteiger partial charge in [0, 0.05) is 5.69 Å². The quantitative estimate of drug-likeness (QED) is 0.752. The molecule has 0 saturated carbocycles. The highest BCUT2D eigenvalue weighted by atomic mass is 19.1. The van der Waals surface area contributed by atoms with Crippen molar-refractivity contribution in [2.24, 2.45) is 0 Å². The van der Waals surface area contributed by atoms with Crippen LogP contribution in [0.4, 0.5) is 10.1 Å². The van der Waals surface area contributed by atoms with Crippen molar-refractivity contribution in [2.45, 2.75) is 38.6 Å². The first-order chi connectivity index (χ1) is 13.9. The van der Waals surface area contributed by atoms with Crippen LogP contribution in [0.3, 0.4) is 0 Å². The van der Waals surface area contributed by atoms with Gasteiger partial charge in [-0.2, -0.15) is 0 Å². The molecule has 0 heterocycles. The largest absolute Gasteiger partial charge is 0.348 e. The number of aryl methyl sites for hydroxylation is 2. The van der Waals surface area contributed by atoms with E-state index in [1.165, 1.54) is 48.2 Å². The van der Waals surface area contributed by atoms with Crippen LogP contribution in [0.5, 0.6) is 0 Å². The van der Waals surface area contributed by atoms with Crippen molar-refractivity contribution in [1.29, 1.82) is 0 Å². The minimum absolute atomic E-state index is 0.0675. The Balaban J connectivity index is 1.46. The summed E-state index contributed by atoms with van der Waals surface area (Å²) in [7, 11) is 1.72. The molecule has 5 nitrogen and oxygen atoms in total. The van der Waals surface area contributed by atoms with Crippen LogP contribution in [0.2, 0.25) is 0 Å². The Hall–Kier alpha value is -2.73. The lowest BCUT2D eigenvalue weighted by Gasteiger charge is -2.21. The van der Waals surface area contributed by atoms with Crippen molar-refractivity contribution >= 4 is 17.5 Å². The molecule has 29 heavy (non-hydrogen) atoms. The van der Waals surface area contributed by atoms with E-state index < -0.39 is 0 Å². The maximum Gasteiger partial charge on any atom is 0.238 e. The lowest BCUT2D eigenvalue weighted by Crippen LogP contribution is -2.39. The monoisotopic (exact) mass is 397 g/mol. The molecule has 0 bridgehead atoms. The number of halogens is 1. The molecule has 0 radical (unpaired) electrons. The van der Waals surface area contributed by atoms with E-state index in [1.807, 2.05) is 6.92 Å². The standard InChI is InChI=1S/C23H28FN3O2/c1-16(18-8-7-17-5-3-4-6-19(17)13-18)25-22(28)14-27(2)15-23(29)26-21-11-9-20(24)10-12-21/h7-13,16H,3-6,14-15H2,1-2H3,(H,25,28)(H,26,29)/t16-/m1/s1. The van der Waals surface area contributed by atoms with E-state index in [4.69, 9.17) is 0 Å². The summed E-state index contributed by atoms with van der Waals surface area (Å²) in [5.41, 5.74) is 4.45. The van der Waals surface area contributed by atoms with Gasteiger partial charge in [-0.25, -0.2) is 4.39 Å². The molecule has 1 atom stereocenters. The normalized spacial score (nSPS) is 14.2. The summed E-state index contributed by atoms with van der Waals surface area (Å²) in [4.78, 5) is 26.1. The molecule has 154 valence electrons. The van der Waals surface area contributed by atoms with Crippen molar-refractivity contribution < 1.29 is 14.0 Å². The fraction of sp³-hybridized carbons (Fsp3) is 0.391. The number of nitrogens with zero attached hydrogens (tertiary/aromatic N) is 1. The zero-order valence-electron chi connectivity index (χ0n) is 17.0. The Morgan fingerprint density at radius 1 is 1.00 bits per heavy atom. The molecular formula is C23H28FN3O2. The fourth-order valence-corrected chi connectivity index (χ4v) is 3.67. The third-order valence-electron chi connectivity index (χ3n) is 5.21. The van der Waals surface area contributed by atoms with Gasteiger partial charge in [0.2, 0.25) is 11.8 Å². The van der Waals surface area contributed by atoms with Crippen molar-refractivity contribution in [2.75, 3.05) is 25.5 Å². The molecule has 0 unspecified atom stereocenters. The van der Waals surface area contributed by atoms with Crippen LogP contribution < -0.4 is 10.6 Å². The van der Waals surface area contributed by atoms with Gasteiger partial charge in [-0.1, -0.05) is 18.2 Å². The number of carbonyl (C=O) groups is 2. The van der Waals surface area contributed by atoms with Gasteiger partial charge in [0.05, 0.1) is 19.1 Å². The number of benzene rings is 2. The van der Waals surface area contributed by atoms with E-state index in [2.05, 4.69) is 28.8 Å². The summed E-state index contributed by atoms with van der Waals surface area (Å²) in [5, 5.41) is 5.70. The fourth-order valence-electron chi connectivity index (χ4n) is 3.67. The predicted molar refractivity (Wildman–Crippen MR) is 112 cm³/mol. The first-order valence-corrected chi connectivity index (χ1v) is 10.1. The maximum absolute atomic E-state index is 12.9. The van der Waals surface area contributed by atoms with E-state index >= 15 is 0 Å². The number of hydrogen-bond donors (Lipinski definition) is 2.